The third kappa shape index (κ3) is 2.46. The van der Waals surface area contributed by atoms with Gasteiger partial charge in [-0.2, -0.15) is 0 Å². The molecule has 5 nitrogen and oxygen atoms in total. The summed E-state index contributed by atoms with van der Waals surface area (Å²) in [6.07, 6.45) is 2.21. The van der Waals surface area contributed by atoms with Gasteiger partial charge in [-0.25, -0.2) is 0 Å². The number of aliphatic hydroxyl groups excluding tert-OH is 1. The van der Waals surface area contributed by atoms with Crippen LogP contribution in [0.4, 0.5) is 0 Å². The van der Waals surface area contributed by atoms with Crippen molar-refractivity contribution in [3.8, 4) is 0 Å². The predicted molar refractivity (Wildman–Crippen MR) is 63.1 cm³/mol. The van der Waals surface area contributed by atoms with E-state index < -0.39 is 0 Å². The van der Waals surface area contributed by atoms with Crippen molar-refractivity contribution in [1.82, 2.24) is 9.88 Å². The highest BCUT2D eigenvalue weighted by Gasteiger charge is 2.35. The maximum absolute atomic E-state index is 12.2. The number of methoxy groups -OCH3 is 1. The van der Waals surface area contributed by atoms with E-state index in [1.54, 1.807) is 24.3 Å². The molecule has 0 bridgehead atoms. The molecule has 0 radical (unpaired) electrons. The molecular weight excluding hydrogens is 244 g/mol. The molecule has 1 saturated heterocycles. The predicted octanol–water partition coefficient (Wildman–Crippen LogP) is 0.890. The monoisotopic (exact) mass is 258 g/mol. The summed E-state index contributed by atoms with van der Waals surface area (Å²) < 4.78 is 5.22. The molecule has 0 unspecified atom stereocenters. The van der Waals surface area contributed by atoms with Gasteiger partial charge < -0.3 is 19.7 Å². The lowest BCUT2D eigenvalue weighted by Gasteiger charge is -2.21. The zero-order valence-corrected chi connectivity index (χ0v) is 10.3. The highest BCUT2D eigenvalue weighted by Crippen LogP contribution is 2.22. The number of rotatable bonds is 3. The summed E-state index contributed by atoms with van der Waals surface area (Å²) in [7, 11) is 1.61. The highest BCUT2D eigenvalue weighted by atomic mass is 35.5. The molecule has 1 aliphatic rings. The lowest BCUT2D eigenvalue weighted by molar-refractivity contribution is 0.0643. The molecule has 17 heavy (non-hydrogen) atoms. The van der Waals surface area contributed by atoms with Crippen LogP contribution in [-0.2, 0) is 4.74 Å². The Hall–Kier alpha value is -1.04. The Bertz CT molecular complexity index is 407. The summed E-state index contributed by atoms with van der Waals surface area (Å²) in [4.78, 5) is 16.6. The summed E-state index contributed by atoms with van der Waals surface area (Å²) in [5.41, 5.74) is 0.435. The molecular formula is C11H15ClN2O3. The largest absolute Gasteiger partial charge is 0.394 e. The number of nitrogens with zero attached hydrogens (tertiary/aromatic N) is 1. The number of aromatic nitrogens is 1. The number of ether oxygens (including phenoxy) is 1. The van der Waals surface area contributed by atoms with Gasteiger partial charge in [0.15, 0.2) is 0 Å². The number of nitrogens with one attached hydrogen (secondary N) is 1. The molecule has 94 valence electrons. The lowest BCUT2D eigenvalue weighted by atomic mass is 10.2. The van der Waals surface area contributed by atoms with Gasteiger partial charge in [0, 0.05) is 19.9 Å². The van der Waals surface area contributed by atoms with E-state index in [1.165, 1.54) is 0 Å². The molecule has 2 heterocycles. The Kier molecular flexibility index (Phi) is 3.71. The number of H-pyrrole nitrogens is 1. The Labute approximate surface area is 104 Å². The van der Waals surface area contributed by atoms with Crippen molar-refractivity contribution in [1.29, 1.82) is 0 Å². The summed E-state index contributed by atoms with van der Waals surface area (Å²) in [5, 5.41) is 9.76. The zero-order valence-electron chi connectivity index (χ0n) is 9.52. The molecule has 0 saturated carbocycles. The average molecular weight is 259 g/mol. The van der Waals surface area contributed by atoms with Crippen molar-refractivity contribution in [2.45, 2.75) is 18.6 Å². The molecule has 1 fully saturated rings. The zero-order chi connectivity index (χ0) is 12.4. The maximum atomic E-state index is 12.2. The first-order chi connectivity index (χ1) is 8.15. The van der Waals surface area contributed by atoms with Gasteiger partial charge in [0.05, 0.1) is 23.8 Å². The lowest BCUT2D eigenvalue weighted by Crippen LogP contribution is -2.38. The molecule has 6 heteroatoms. The van der Waals surface area contributed by atoms with Crippen LogP contribution in [0.3, 0.4) is 0 Å². The topological polar surface area (TPSA) is 65.6 Å². The van der Waals surface area contributed by atoms with E-state index in [9.17, 15) is 9.90 Å². The number of aliphatic hydroxyl groups is 1. The first-order valence-corrected chi connectivity index (χ1v) is 5.82. The fourth-order valence-electron chi connectivity index (χ4n) is 2.11. The van der Waals surface area contributed by atoms with E-state index in [0.29, 0.717) is 23.7 Å². The molecule has 1 aromatic rings. The van der Waals surface area contributed by atoms with E-state index >= 15 is 0 Å². The van der Waals surface area contributed by atoms with Gasteiger partial charge in [0.2, 0.25) is 0 Å². The van der Waals surface area contributed by atoms with Crippen molar-refractivity contribution >= 4 is 17.5 Å². The Morgan fingerprint density at radius 1 is 1.76 bits per heavy atom. The maximum Gasteiger partial charge on any atom is 0.270 e. The van der Waals surface area contributed by atoms with E-state index in [1.807, 2.05) is 0 Å². The first-order valence-electron chi connectivity index (χ1n) is 5.44. The van der Waals surface area contributed by atoms with Crippen molar-refractivity contribution < 1.29 is 14.6 Å². The average Bonchev–Trinajstić information content (AvgIpc) is 2.93. The van der Waals surface area contributed by atoms with E-state index in [-0.39, 0.29) is 24.7 Å². The van der Waals surface area contributed by atoms with Gasteiger partial charge in [0.25, 0.3) is 5.91 Å². The van der Waals surface area contributed by atoms with Gasteiger partial charge in [-0.15, -0.1) is 0 Å². The minimum atomic E-state index is -0.186. The molecule has 0 aliphatic carbocycles. The van der Waals surface area contributed by atoms with Crippen LogP contribution in [0, 0.1) is 0 Å². The van der Waals surface area contributed by atoms with Crippen LogP contribution in [0.25, 0.3) is 0 Å². The molecule has 0 aromatic carbocycles. The second-order valence-electron chi connectivity index (χ2n) is 4.12. The van der Waals surface area contributed by atoms with Gasteiger partial charge >= 0.3 is 0 Å². The Morgan fingerprint density at radius 3 is 3.06 bits per heavy atom. The molecule has 0 spiro atoms. The summed E-state index contributed by atoms with van der Waals surface area (Å²) in [6, 6.07) is 1.40. The number of carbonyl (C=O) groups excluding carboxylic acids is 1. The second-order valence-corrected chi connectivity index (χ2v) is 4.56. The molecule has 2 atom stereocenters. The fraction of sp³-hybridized carbons (Fsp3) is 0.545. The third-order valence-electron chi connectivity index (χ3n) is 3.06. The minimum absolute atomic E-state index is 0.0125. The summed E-state index contributed by atoms with van der Waals surface area (Å²) in [5.74, 6) is -0.157. The molecule has 1 aliphatic heterocycles. The van der Waals surface area contributed by atoms with Crippen molar-refractivity contribution in [2.75, 3.05) is 20.3 Å². The first kappa shape index (κ1) is 12.4. The number of aromatic amines is 1. The highest BCUT2D eigenvalue weighted by molar-refractivity contribution is 6.30. The third-order valence-corrected chi connectivity index (χ3v) is 3.28. The number of amides is 1. The normalized spacial score (nSPS) is 24.3. The number of hydrogen-bond acceptors (Lipinski definition) is 3. The van der Waals surface area contributed by atoms with E-state index in [4.69, 9.17) is 16.3 Å². The van der Waals surface area contributed by atoms with Gasteiger partial charge in [-0.3, -0.25) is 4.79 Å². The number of hydrogen-bond donors (Lipinski definition) is 2. The van der Waals surface area contributed by atoms with E-state index in [0.717, 1.165) is 0 Å². The van der Waals surface area contributed by atoms with Crippen molar-refractivity contribution in [2.24, 2.45) is 0 Å². The van der Waals surface area contributed by atoms with Gasteiger partial charge in [0.1, 0.15) is 5.69 Å². The van der Waals surface area contributed by atoms with Crippen LogP contribution in [0.5, 0.6) is 0 Å². The van der Waals surface area contributed by atoms with Crippen LogP contribution >= 0.6 is 11.6 Å². The smallest absolute Gasteiger partial charge is 0.270 e. The van der Waals surface area contributed by atoms with E-state index in [2.05, 4.69) is 4.98 Å². The van der Waals surface area contributed by atoms with Crippen LogP contribution in [-0.4, -0.2) is 53.3 Å². The van der Waals surface area contributed by atoms with Crippen LogP contribution in [0.15, 0.2) is 12.3 Å². The molecule has 2 N–H and O–H groups in total. The van der Waals surface area contributed by atoms with Crippen molar-refractivity contribution in [3.05, 3.63) is 23.0 Å². The number of carbonyl (C=O) groups is 1. The summed E-state index contributed by atoms with van der Waals surface area (Å²) >= 11 is 5.76. The van der Waals surface area contributed by atoms with Gasteiger partial charge in [-0.1, -0.05) is 11.6 Å². The summed E-state index contributed by atoms with van der Waals surface area (Å²) in [6.45, 7) is 0.442. The Morgan fingerprint density at radius 2 is 2.53 bits per heavy atom. The van der Waals surface area contributed by atoms with Gasteiger partial charge in [-0.05, 0) is 12.5 Å². The number of likely N-dealkylation sites (tertiary alicyclic amines) is 1. The van der Waals surface area contributed by atoms with Crippen LogP contribution < -0.4 is 0 Å². The van der Waals surface area contributed by atoms with Crippen LogP contribution in [0.2, 0.25) is 5.02 Å². The minimum Gasteiger partial charge on any atom is -0.394 e. The van der Waals surface area contributed by atoms with Crippen molar-refractivity contribution in [3.63, 3.8) is 0 Å². The number of halogens is 1. The van der Waals surface area contributed by atoms with Crippen LogP contribution in [0.1, 0.15) is 16.9 Å². The quantitative estimate of drug-likeness (QED) is 0.846. The Balaban J connectivity index is 2.13. The molecule has 2 rings (SSSR count). The SMILES string of the molecule is CO[C@H]1C[C@@H](CO)N(C(=O)c2cc(Cl)c[nH]2)C1. The fourth-order valence-corrected chi connectivity index (χ4v) is 2.28. The second kappa shape index (κ2) is 5.08. The molecule has 1 aromatic heterocycles. The molecule has 1 amide bonds. The standard InChI is InChI=1S/C11H15ClN2O3/c1-17-9-3-8(6-15)14(5-9)11(16)10-2-7(12)4-13-10/h2,4,8-9,13,15H,3,5-6H2,1H3/t8-,9-/m0/s1.